The Morgan fingerprint density at radius 3 is 2.78 bits per heavy atom. The summed E-state index contributed by atoms with van der Waals surface area (Å²) >= 11 is 0. The van der Waals surface area contributed by atoms with Crippen molar-refractivity contribution >= 4 is 12.1 Å². The molecule has 1 rings (SSSR count). The van der Waals surface area contributed by atoms with Crippen molar-refractivity contribution in [3.63, 3.8) is 0 Å². The van der Waals surface area contributed by atoms with E-state index in [1.807, 2.05) is 0 Å². The molecule has 1 aliphatic heterocycles. The fourth-order valence-corrected chi connectivity index (χ4v) is 0.612. The Kier molecular flexibility index (Phi) is 1.26. The third-order valence-electron chi connectivity index (χ3n) is 1.05. The van der Waals surface area contributed by atoms with E-state index in [0.29, 0.717) is 13.2 Å². The molecule has 0 aromatic rings. The van der Waals surface area contributed by atoms with Crippen LogP contribution in [-0.4, -0.2) is 30.1 Å². The van der Waals surface area contributed by atoms with Crippen molar-refractivity contribution in [3.05, 3.63) is 0 Å². The summed E-state index contributed by atoms with van der Waals surface area (Å²) < 4.78 is 4.49. The number of ether oxygens (including phenoxy) is 1. The predicted molar refractivity (Wildman–Crippen MR) is 30.0 cm³/mol. The van der Waals surface area contributed by atoms with Gasteiger partial charge in [-0.3, -0.25) is 5.41 Å². The van der Waals surface area contributed by atoms with E-state index in [2.05, 4.69) is 4.74 Å². The highest BCUT2D eigenvalue weighted by molar-refractivity contribution is 5.92. The molecule has 0 saturated carbocycles. The van der Waals surface area contributed by atoms with Crippen molar-refractivity contribution in [3.8, 4) is 0 Å². The Hall–Kier alpha value is -1.26. The molecule has 0 aliphatic carbocycles. The van der Waals surface area contributed by atoms with Crippen molar-refractivity contribution in [1.29, 1.82) is 5.41 Å². The van der Waals surface area contributed by atoms with Gasteiger partial charge in [-0.05, 0) is 0 Å². The van der Waals surface area contributed by atoms with Gasteiger partial charge in [0, 0.05) is 0 Å². The van der Waals surface area contributed by atoms with Crippen molar-refractivity contribution in [2.45, 2.75) is 0 Å². The Morgan fingerprint density at radius 2 is 2.56 bits per heavy atom. The highest BCUT2D eigenvalue weighted by Crippen LogP contribution is 2.00. The average molecular weight is 129 g/mol. The number of cyclic esters (lactones) is 1. The SMILES string of the molecule is N=C(N)N1CCOC1=O. The lowest BCUT2D eigenvalue weighted by atomic mass is 10.6. The molecule has 1 saturated heterocycles. The highest BCUT2D eigenvalue weighted by atomic mass is 16.6. The maximum absolute atomic E-state index is 10.5. The summed E-state index contributed by atoms with van der Waals surface area (Å²) in [6.07, 6.45) is -0.525. The van der Waals surface area contributed by atoms with Crippen molar-refractivity contribution in [2.24, 2.45) is 5.73 Å². The summed E-state index contributed by atoms with van der Waals surface area (Å²) in [5, 5.41) is 6.82. The fourth-order valence-electron chi connectivity index (χ4n) is 0.612. The van der Waals surface area contributed by atoms with E-state index in [4.69, 9.17) is 11.1 Å². The molecule has 0 bridgehead atoms. The second-order valence-electron chi connectivity index (χ2n) is 1.65. The standard InChI is InChI=1S/C4H7N3O2/c5-3(6)7-1-2-9-4(7)8/h1-2H2,(H3,5,6). The van der Waals surface area contributed by atoms with E-state index < -0.39 is 6.09 Å². The van der Waals surface area contributed by atoms with Gasteiger partial charge in [0.15, 0.2) is 5.96 Å². The number of carbonyl (C=O) groups is 1. The van der Waals surface area contributed by atoms with Gasteiger partial charge in [-0.25, -0.2) is 9.69 Å². The lowest BCUT2D eigenvalue weighted by molar-refractivity contribution is 0.168. The molecule has 0 radical (unpaired) electrons. The number of nitrogens with two attached hydrogens (primary N) is 1. The summed E-state index contributed by atoms with van der Waals surface area (Å²) in [5.41, 5.74) is 5.00. The van der Waals surface area contributed by atoms with Gasteiger partial charge in [0.2, 0.25) is 0 Å². The van der Waals surface area contributed by atoms with Gasteiger partial charge < -0.3 is 10.5 Å². The molecule has 3 N–H and O–H groups in total. The smallest absolute Gasteiger partial charge is 0.416 e. The van der Waals surface area contributed by atoms with Gasteiger partial charge in [-0.15, -0.1) is 0 Å². The minimum Gasteiger partial charge on any atom is -0.447 e. The van der Waals surface area contributed by atoms with Gasteiger partial charge in [-0.2, -0.15) is 0 Å². The van der Waals surface area contributed by atoms with Crippen molar-refractivity contribution < 1.29 is 9.53 Å². The van der Waals surface area contributed by atoms with Crippen LogP contribution in [0, 0.1) is 5.41 Å². The molecule has 5 heteroatoms. The van der Waals surface area contributed by atoms with Crippen LogP contribution in [0.3, 0.4) is 0 Å². The van der Waals surface area contributed by atoms with Crippen LogP contribution in [0.4, 0.5) is 4.79 Å². The van der Waals surface area contributed by atoms with Crippen LogP contribution < -0.4 is 5.73 Å². The summed E-state index contributed by atoms with van der Waals surface area (Å²) in [6, 6.07) is 0. The first-order valence-electron chi connectivity index (χ1n) is 2.50. The minimum absolute atomic E-state index is 0.252. The number of amides is 1. The minimum atomic E-state index is -0.525. The maximum atomic E-state index is 10.5. The van der Waals surface area contributed by atoms with Crippen LogP contribution in [0.2, 0.25) is 0 Å². The Labute approximate surface area is 51.9 Å². The zero-order chi connectivity index (χ0) is 6.85. The summed E-state index contributed by atoms with van der Waals surface area (Å²) in [5.74, 6) is -0.252. The van der Waals surface area contributed by atoms with E-state index in [-0.39, 0.29) is 5.96 Å². The summed E-state index contributed by atoms with van der Waals surface area (Å²) in [7, 11) is 0. The maximum Gasteiger partial charge on any atom is 0.416 e. The Bertz CT molecular complexity index is 156. The van der Waals surface area contributed by atoms with Gasteiger partial charge in [-0.1, -0.05) is 0 Å². The number of hydrogen-bond donors (Lipinski definition) is 2. The van der Waals surface area contributed by atoms with Crippen LogP contribution >= 0.6 is 0 Å². The molecule has 0 aromatic heterocycles. The molecule has 1 amide bonds. The highest BCUT2D eigenvalue weighted by Gasteiger charge is 2.23. The Morgan fingerprint density at radius 1 is 1.89 bits per heavy atom. The molecule has 5 nitrogen and oxygen atoms in total. The number of nitrogens with one attached hydrogen (secondary N) is 1. The summed E-state index contributed by atoms with van der Waals surface area (Å²) in [4.78, 5) is 11.6. The molecule has 1 aliphatic rings. The first-order chi connectivity index (χ1) is 4.22. The van der Waals surface area contributed by atoms with E-state index in [0.717, 1.165) is 4.90 Å². The molecule has 0 unspecified atom stereocenters. The first kappa shape index (κ1) is 5.87. The number of guanidine groups is 1. The van der Waals surface area contributed by atoms with Crippen LogP contribution in [0.5, 0.6) is 0 Å². The van der Waals surface area contributed by atoms with Crippen LogP contribution in [0.15, 0.2) is 0 Å². The Balaban J connectivity index is 2.60. The second kappa shape index (κ2) is 1.93. The zero-order valence-corrected chi connectivity index (χ0v) is 4.76. The normalized spacial score (nSPS) is 17.8. The molecule has 0 spiro atoms. The first-order valence-corrected chi connectivity index (χ1v) is 2.50. The third kappa shape index (κ3) is 0.933. The molecular formula is C4H7N3O2. The van der Waals surface area contributed by atoms with Gasteiger partial charge >= 0.3 is 6.09 Å². The monoisotopic (exact) mass is 129 g/mol. The topological polar surface area (TPSA) is 79.4 Å². The molecule has 50 valence electrons. The van der Waals surface area contributed by atoms with E-state index >= 15 is 0 Å². The van der Waals surface area contributed by atoms with Crippen molar-refractivity contribution in [2.75, 3.05) is 13.2 Å². The average Bonchev–Trinajstić information content (AvgIpc) is 2.13. The lowest BCUT2D eigenvalue weighted by Crippen LogP contribution is -2.36. The van der Waals surface area contributed by atoms with Crippen LogP contribution in [0.25, 0.3) is 0 Å². The second-order valence-corrected chi connectivity index (χ2v) is 1.65. The van der Waals surface area contributed by atoms with Crippen molar-refractivity contribution in [1.82, 2.24) is 4.90 Å². The number of carbonyl (C=O) groups excluding carboxylic acids is 1. The van der Waals surface area contributed by atoms with E-state index in [9.17, 15) is 4.79 Å². The largest absolute Gasteiger partial charge is 0.447 e. The van der Waals surface area contributed by atoms with E-state index in [1.54, 1.807) is 0 Å². The van der Waals surface area contributed by atoms with E-state index in [1.165, 1.54) is 0 Å². The third-order valence-corrected chi connectivity index (χ3v) is 1.05. The fraction of sp³-hybridized carbons (Fsp3) is 0.500. The van der Waals surface area contributed by atoms with Gasteiger partial charge in [0.25, 0.3) is 0 Å². The number of rotatable bonds is 0. The van der Waals surface area contributed by atoms with Crippen LogP contribution in [0.1, 0.15) is 0 Å². The van der Waals surface area contributed by atoms with Gasteiger partial charge in [0.1, 0.15) is 6.61 Å². The molecule has 0 atom stereocenters. The lowest BCUT2D eigenvalue weighted by Gasteiger charge is -2.06. The molecule has 0 aromatic carbocycles. The molecule has 1 heterocycles. The van der Waals surface area contributed by atoms with Crippen LogP contribution in [-0.2, 0) is 4.74 Å². The summed E-state index contributed by atoms with van der Waals surface area (Å²) in [6.45, 7) is 0.729. The molecular weight excluding hydrogens is 122 g/mol. The quantitative estimate of drug-likeness (QED) is 0.336. The number of hydrogen-bond acceptors (Lipinski definition) is 3. The van der Waals surface area contributed by atoms with Gasteiger partial charge in [0.05, 0.1) is 6.54 Å². The number of nitrogens with zero attached hydrogens (tertiary/aromatic N) is 1. The molecule has 1 fully saturated rings. The zero-order valence-electron chi connectivity index (χ0n) is 4.76. The molecule has 9 heavy (non-hydrogen) atoms. The predicted octanol–water partition coefficient (Wildman–Crippen LogP) is -0.668.